The first kappa shape index (κ1) is 9.70. The first-order chi connectivity index (χ1) is 6.65. The third-order valence-corrected chi connectivity index (χ3v) is 3.63. The van der Waals surface area contributed by atoms with Crippen molar-refractivity contribution in [3.63, 3.8) is 0 Å². The van der Waals surface area contributed by atoms with Crippen LogP contribution < -0.4 is 0 Å². The monoisotopic (exact) mass is 189 g/mol. The fourth-order valence-corrected chi connectivity index (χ4v) is 2.27. The second-order valence-corrected chi connectivity index (χ2v) is 4.92. The van der Waals surface area contributed by atoms with Gasteiger partial charge in [-0.05, 0) is 47.8 Å². The summed E-state index contributed by atoms with van der Waals surface area (Å²) in [4.78, 5) is 4.37. The molecule has 76 valence electrons. The molecule has 0 N–H and O–H groups in total. The summed E-state index contributed by atoms with van der Waals surface area (Å²) in [6.45, 7) is 6.90. The molecular formula is C13H19N. The van der Waals surface area contributed by atoms with Gasteiger partial charge in [-0.15, -0.1) is 0 Å². The molecule has 0 aliphatic heterocycles. The van der Waals surface area contributed by atoms with Crippen LogP contribution in [0.3, 0.4) is 0 Å². The maximum atomic E-state index is 4.37. The zero-order valence-electron chi connectivity index (χ0n) is 9.43. The number of nitrogens with zero attached hydrogens (tertiary/aromatic N) is 1. The molecule has 0 atom stereocenters. The number of hydrogen-bond donors (Lipinski definition) is 0. The average molecular weight is 189 g/mol. The molecule has 0 aromatic carbocycles. The lowest BCUT2D eigenvalue weighted by molar-refractivity contribution is 0.500. The molecule has 14 heavy (non-hydrogen) atoms. The van der Waals surface area contributed by atoms with Crippen LogP contribution in [0.2, 0.25) is 0 Å². The Kier molecular flexibility index (Phi) is 2.34. The van der Waals surface area contributed by atoms with Crippen LogP contribution in [-0.4, -0.2) is 4.98 Å². The van der Waals surface area contributed by atoms with Crippen molar-refractivity contribution in [3.05, 3.63) is 29.1 Å². The zero-order valence-corrected chi connectivity index (χ0v) is 9.43. The Hall–Kier alpha value is -0.850. The number of pyridine rings is 1. The zero-order chi connectivity index (χ0) is 10.2. The van der Waals surface area contributed by atoms with Gasteiger partial charge in [0.2, 0.25) is 0 Å². The summed E-state index contributed by atoms with van der Waals surface area (Å²) in [5, 5.41) is 0. The van der Waals surface area contributed by atoms with Crippen molar-refractivity contribution in [2.24, 2.45) is 0 Å². The van der Waals surface area contributed by atoms with E-state index in [0.717, 1.165) is 0 Å². The van der Waals surface area contributed by atoms with Crippen molar-refractivity contribution < 1.29 is 0 Å². The smallest absolute Gasteiger partial charge is 0.0308 e. The molecule has 0 bridgehead atoms. The molecule has 0 saturated heterocycles. The normalized spacial score (nSPS) is 15.6. The lowest BCUT2D eigenvalue weighted by Crippen LogP contribution is -2.18. The highest BCUT2D eigenvalue weighted by atomic mass is 14.6. The third-order valence-electron chi connectivity index (χ3n) is 3.63. The first-order valence-corrected chi connectivity index (χ1v) is 5.61. The standard InChI is InChI=1S/C13H19N/c1-4-13(2,3)12-9-14-8-10-6-5-7-11(10)12/h8-9H,4-7H2,1-3H3. The molecule has 1 aliphatic rings. The summed E-state index contributed by atoms with van der Waals surface area (Å²) in [6.07, 6.45) is 9.12. The largest absolute Gasteiger partial charge is 0.264 e. The van der Waals surface area contributed by atoms with E-state index < -0.39 is 0 Å². The van der Waals surface area contributed by atoms with E-state index in [9.17, 15) is 0 Å². The molecule has 1 aliphatic carbocycles. The van der Waals surface area contributed by atoms with Crippen LogP contribution in [0, 0.1) is 0 Å². The lowest BCUT2D eigenvalue weighted by Gasteiger charge is -2.25. The van der Waals surface area contributed by atoms with E-state index >= 15 is 0 Å². The fourth-order valence-electron chi connectivity index (χ4n) is 2.27. The fraction of sp³-hybridized carbons (Fsp3) is 0.615. The molecule has 1 nitrogen and oxygen atoms in total. The van der Waals surface area contributed by atoms with E-state index in [4.69, 9.17) is 0 Å². The molecule has 1 heteroatoms. The van der Waals surface area contributed by atoms with E-state index in [1.807, 2.05) is 0 Å². The predicted molar refractivity (Wildman–Crippen MR) is 59.6 cm³/mol. The second-order valence-electron chi connectivity index (χ2n) is 4.92. The Labute approximate surface area is 86.6 Å². The number of hydrogen-bond acceptors (Lipinski definition) is 1. The minimum atomic E-state index is 0.294. The molecular weight excluding hydrogens is 170 g/mol. The van der Waals surface area contributed by atoms with Crippen molar-refractivity contribution in [3.8, 4) is 0 Å². The SMILES string of the molecule is CCC(C)(C)c1cncc2c1CCC2. The van der Waals surface area contributed by atoms with Gasteiger partial charge in [0.1, 0.15) is 0 Å². The molecule has 1 heterocycles. The molecule has 0 fully saturated rings. The van der Waals surface area contributed by atoms with Gasteiger partial charge in [-0.1, -0.05) is 20.8 Å². The minimum Gasteiger partial charge on any atom is -0.264 e. The van der Waals surface area contributed by atoms with Gasteiger partial charge in [-0.25, -0.2) is 0 Å². The topological polar surface area (TPSA) is 12.9 Å². The second kappa shape index (κ2) is 3.38. The van der Waals surface area contributed by atoms with Gasteiger partial charge in [0.15, 0.2) is 0 Å². The van der Waals surface area contributed by atoms with Crippen molar-refractivity contribution >= 4 is 0 Å². The molecule has 0 amide bonds. The Morgan fingerprint density at radius 1 is 1.29 bits per heavy atom. The molecule has 0 radical (unpaired) electrons. The number of rotatable bonds is 2. The van der Waals surface area contributed by atoms with Gasteiger partial charge in [0.05, 0.1) is 0 Å². The summed E-state index contributed by atoms with van der Waals surface area (Å²) in [5.74, 6) is 0. The van der Waals surface area contributed by atoms with Gasteiger partial charge in [0, 0.05) is 12.4 Å². The van der Waals surface area contributed by atoms with Gasteiger partial charge < -0.3 is 0 Å². The number of fused-ring (bicyclic) bond motifs is 1. The van der Waals surface area contributed by atoms with Crippen LogP contribution in [-0.2, 0) is 18.3 Å². The van der Waals surface area contributed by atoms with Crippen LogP contribution in [0.4, 0.5) is 0 Å². The predicted octanol–water partition coefficient (Wildman–Crippen LogP) is 3.26. The highest BCUT2D eigenvalue weighted by Gasteiger charge is 2.25. The van der Waals surface area contributed by atoms with E-state index in [1.165, 1.54) is 36.8 Å². The Bertz CT molecular complexity index is 339. The summed E-state index contributed by atoms with van der Waals surface area (Å²) in [7, 11) is 0. The summed E-state index contributed by atoms with van der Waals surface area (Å²) >= 11 is 0. The Balaban J connectivity index is 2.49. The van der Waals surface area contributed by atoms with Gasteiger partial charge in [0.25, 0.3) is 0 Å². The molecule has 0 unspecified atom stereocenters. The van der Waals surface area contributed by atoms with E-state index in [2.05, 4.69) is 38.1 Å². The van der Waals surface area contributed by atoms with E-state index in [0.29, 0.717) is 5.41 Å². The van der Waals surface area contributed by atoms with Crippen LogP contribution in [0.15, 0.2) is 12.4 Å². The first-order valence-electron chi connectivity index (χ1n) is 5.61. The maximum absolute atomic E-state index is 4.37. The quantitative estimate of drug-likeness (QED) is 0.696. The van der Waals surface area contributed by atoms with Crippen molar-refractivity contribution in [2.75, 3.05) is 0 Å². The summed E-state index contributed by atoms with van der Waals surface area (Å²) in [5.41, 5.74) is 4.86. The van der Waals surface area contributed by atoms with Crippen LogP contribution in [0.5, 0.6) is 0 Å². The number of aryl methyl sites for hydroxylation is 1. The van der Waals surface area contributed by atoms with Gasteiger partial charge in [-0.2, -0.15) is 0 Å². The highest BCUT2D eigenvalue weighted by Crippen LogP contribution is 2.34. The Morgan fingerprint density at radius 2 is 2.07 bits per heavy atom. The average Bonchev–Trinajstić information content (AvgIpc) is 2.64. The van der Waals surface area contributed by atoms with Crippen molar-refractivity contribution in [1.82, 2.24) is 4.98 Å². The maximum Gasteiger partial charge on any atom is 0.0308 e. The van der Waals surface area contributed by atoms with Crippen molar-refractivity contribution in [2.45, 2.75) is 51.9 Å². The number of aromatic nitrogens is 1. The molecule has 0 spiro atoms. The summed E-state index contributed by atoms with van der Waals surface area (Å²) < 4.78 is 0. The van der Waals surface area contributed by atoms with E-state index in [-0.39, 0.29) is 0 Å². The van der Waals surface area contributed by atoms with Crippen LogP contribution >= 0.6 is 0 Å². The summed E-state index contributed by atoms with van der Waals surface area (Å²) in [6, 6.07) is 0. The minimum absolute atomic E-state index is 0.294. The van der Waals surface area contributed by atoms with Crippen molar-refractivity contribution in [1.29, 1.82) is 0 Å². The molecule has 0 saturated carbocycles. The Morgan fingerprint density at radius 3 is 2.79 bits per heavy atom. The van der Waals surface area contributed by atoms with E-state index in [1.54, 1.807) is 5.56 Å². The van der Waals surface area contributed by atoms with Crippen LogP contribution in [0.25, 0.3) is 0 Å². The lowest BCUT2D eigenvalue weighted by atomic mass is 9.80. The highest BCUT2D eigenvalue weighted by molar-refractivity contribution is 5.39. The molecule has 1 aromatic rings. The van der Waals surface area contributed by atoms with Gasteiger partial charge >= 0.3 is 0 Å². The molecule has 1 aromatic heterocycles. The molecule has 2 rings (SSSR count). The third kappa shape index (κ3) is 1.45. The van der Waals surface area contributed by atoms with Gasteiger partial charge in [-0.3, -0.25) is 4.98 Å². The van der Waals surface area contributed by atoms with Crippen LogP contribution in [0.1, 0.15) is 50.3 Å².